The second-order valence-electron chi connectivity index (χ2n) is 5.24. The zero-order chi connectivity index (χ0) is 15.1. The summed E-state index contributed by atoms with van der Waals surface area (Å²) >= 11 is 2.98. The summed E-state index contributed by atoms with van der Waals surface area (Å²) < 4.78 is 27.3. The van der Waals surface area contributed by atoms with Crippen molar-refractivity contribution >= 4 is 33.4 Å². The van der Waals surface area contributed by atoms with E-state index in [4.69, 9.17) is 0 Å². The smallest absolute Gasteiger partial charge is 0.250 e. The Morgan fingerprint density at radius 3 is 2.67 bits per heavy atom. The van der Waals surface area contributed by atoms with E-state index < -0.39 is 17.7 Å². The van der Waals surface area contributed by atoms with Crippen LogP contribution in [0.5, 0.6) is 0 Å². The van der Waals surface area contributed by atoms with Crippen LogP contribution in [-0.2, 0) is 9.59 Å². The molecule has 0 aromatic heterocycles. The molecular formula is C14H13BrF2N2O2. The van der Waals surface area contributed by atoms with Gasteiger partial charge in [0.15, 0.2) is 0 Å². The molecule has 0 saturated carbocycles. The van der Waals surface area contributed by atoms with Crippen molar-refractivity contribution in [3.8, 4) is 0 Å². The van der Waals surface area contributed by atoms with E-state index in [0.29, 0.717) is 19.0 Å². The van der Waals surface area contributed by atoms with Crippen molar-refractivity contribution in [3.63, 3.8) is 0 Å². The number of benzene rings is 1. The third-order valence-corrected chi connectivity index (χ3v) is 4.56. The first kappa shape index (κ1) is 14.4. The SMILES string of the molecule is O=C1C2CCCCN2C(=O)CN1c1cc(Br)c(F)cc1F. The number of nitrogens with zero attached hydrogens (tertiary/aromatic N) is 2. The minimum atomic E-state index is -0.846. The van der Waals surface area contributed by atoms with Crippen LogP contribution in [0.4, 0.5) is 14.5 Å². The highest BCUT2D eigenvalue weighted by Crippen LogP contribution is 2.31. The molecule has 21 heavy (non-hydrogen) atoms. The Morgan fingerprint density at radius 1 is 1.14 bits per heavy atom. The highest BCUT2D eigenvalue weighted by Gasteiger charge is 2.41. The van der Waals surface area contributed by atoms with E-state index >= 15 is 0 Å². The van der Waals surface area contributed by atoms with Crippen molar-refractivity contribution in [2.75, 3.05) is 18.0 Å². The number of carbonyl (C=O) groups is 2. The van der Waals surface area contributed by atoms with E-state index in [9.17, 15) is 18.4 Å². The molecule has 2 amide bonds. The summed E-state index contributed by atoms with van der Waals surface area (Å²) in [5.41, 5.74) is -0.0631. The monoisotopic (exact) mass is 358 g/mol. The molecule has 2 fully saturated rings. The summed E-state index contributed by atoms with van der Waals surface area (Å²) in [5.74, 6) is -2.08. The van der Waals surface area contributed by atoms with Crippen molar-refractivity contribution in [1.82, 2.24) is 4.90 Å². The van der Waals surface area contributed by atoms with Crippen molar-refractivity contribution in [1.29, 1.82) is 0 Å². The summed E-state index contributed by atoms with van der Waals surface area (Å²) in [7, 11) is 0. The van der Waals surface area contributed by atoms with Crippen LogP contribution in [0.2, 0.25) is 0 Å². The van der Waals surface area contributed by atoms with E-state index in [-0.39, 0.29) is 28.5 Å². The van der Waals surface area contributed by atoms with Gasteiger partial charge in [-0.2, -0.15) is 0 Å². The molecule has 0 radical (unpaired) electrons. The Hall–Kier alpha value is -1.50. The number of hydrogen-bond acceptors (Lipinski definition) is 2. The van der Waals surface area contributed by atoms with Gasteiger partial charge in [-0.25, -0.2) is 8.78 Å². The van der Waals surface area contributed by atoms with Crippen LogP contribution in [-0.4, -0.2) is 35.8 Å². The van der Waals surface area contributed by atoms with Crippen molar-refractivity contribution in [3.05, 3.63) is 28.2 Å². The van der Waals surface area contributed by atoms with Crippen molar-refractivity contribution in [2.24, 2.45) is 0 Å². The largest absolute Gasteiger partial charge is 0.329 e. The quantitative estimate of drug-likeness (QED) is 0.723. The van der Waals surface area contributed by atoms with E-state index in [1.54, 1.807) is 4.90 Å². The normalized spacial score (nSPS) is 22.5. The lowest BCUT2D eigenvalue weighted by atomic mass is 9.98. The molecule has 0 bridgehead atoms. The molecule has 1 aromatic carbocycles. The van der Waals surface area contributed by atoms with E-state index in [2.05, 4.69) is 15.9 Å². The molecule has 3 rings (SSSR count). The summed E-state index contributed by atoms with van der Waals surface area (Å²) in [5, 5.41) is 0. The second kappa shape index (κ2) is 5.36. The van der Waals surface area contributed by atoms with Gasteiger partial charge in [0.1, 0.15) is 24.2 Å². The molecule has 0 aliphatic carbocycles. The fourth-order valence-corrected chi connectivity index (χ4v) is 3.22. The molecule has 1 atom stereocenters. The van der Waals surface area contributed by atoms with Crippen LogP contribution in [0.25, 0.3) is 0 Å². The first-order valence-corrected chi connectivity index (χ1v) is 7.53. The number of carbonyl (C=O) groups excluding carboxylic acids is 2. The number of hydrogen-bond donors (Lipinski definition) is 0. The van der Waals surface area contributed by atoms with Crippen LogP contribution < -0.4 is 4.90 Å². The highest BCUT2D eigenvalue weighted by molar-refractivity contribution is 9.10. The van der Waals surface area contributed by atoms with Crippen LogP contribution >= 0.6 is 15.9 Å². The third kappa shape index (κ3) is 2.43. The fraction of sp³-hybridized carbons (Fsp3) is 0.429. The molecule has 112 valence electrons. The first-order chi connectivity index (χ1) is 9.99. The van der Waals surface area contributed by atoms with Gasteiger partial charge in [-0.15, -0.1) is 0 Å². The highest BCUT2D eigenvalue weighted by atomic mass is 79.9. The molecule has 4 nitrogen and oxygen atoms in total. The topological polar surface area (TPSA) is 40.6 Å². The molecule has 7 heteroatoms. The number of fused-ring (bicyclic) bond motifs is 1. The maximum atomic E-state index is 14.0. The Bertz CT molecular complexity index is 623. The van der Waals surface area contributed by atoms with Crippen molar-refractivity contribution in [2.45, 2.75) is 25.3 Å². The average Bonchev–Trinajstić information content (AvgIpc) is 2.47. The van der Waals surface area contributed by atoms with Gasteiger partial charge >= 0.3 is 0 Å². The summed E-state index contributed by atoms with van der Waals surface area (Å²) in [4.78, 5) is 27.3. The molecule has 2 heterocycles. The molecule has 0 N–H and O–H groups in total. The third-order valence-electron chi connectivity index (χ3n) is 3.95. The van der Waals surface area contributed by atoms with Gasteiger partial charge < -0.3 is 4.90 Å². The standard InChI is InChI=1S/C14H13BrF2N2O2/c15-8-5-12(10(17)6-9(8)16)19-7-13(20)18-4-2-1-3-11(18)14(19)21/h5-6,11H,1-4,7H2. The van der Waals surface area contributed by atoms with Crippen molar-refractivity contribution < 1.29 is 18.4 Å². The van der Waals surface area contributed by atoms with E-state index in [1.807, 2.05) is 0 Å². The van der Waals surface area contributed by atoms with Crippen LogP contribution in [0, 0.1) is 11.6 Å². The zero-order valence-electron chi connectivity index (χ0n) is 11.1. The number of anilines is 1. The van der Waals surface area contributed by atoms with Gasteiger partial charge in [-0.05, 0) is 41.3 Å². The number of piperazine rings is 1. The molecule has 2 aliphatic heterocycles. The van der Waals surface area contributed by atoms with Gasteiger partial charge in [-0.3, -0.25) is 14.5 Å². The van der Waals surface area contributed by atoms with E-state index in [1.165, 1.54) is 6.07 Å². The Kier molecular flexibility index (Phi) is 3.69. The molecule has 2 saturated heterocycles. The van der Waals surface area contributed by atoms with Gasteiger partial charge in [-0.1, -0.05) is 0 Å². The van der Waals surface area contributed by atoms with Gasteiger partial charge in [0.05, 0.1) is 10.2 Å². The van der Waals surface area contributed by atoms with Crippen LogP contribution in [0.1, 0.15) is 19.3 Å². The number of rotatable bonds is 1. The minimum Gasteiger partial charge on any atom is -0.329 e. The van der Waals surface area contributed by atoms with E-state index in [0.717, 1.165) is 17.7 Å². The Balaban J connectivity index is 1.97. The predicted octanol–water partition coefficient (Wildman–Crippen LogP) is 2.46. The number of halogens is 3. The Labute approximate surface area is 128 Å². The lowest BCUT2D eigenvalue weighted by Crippen LogP contribution is -2.61. The predicted molar refractivity (Wildman–Crippen MR) is 75.8 cm³/mol. The maximum absolute atomic E-state index is 14.0. The number of piperidine rings is 1. The van der Waals surface area contributed by atoms with Gasteiger partial charge in [0.2, 0.25) is 11.8 Å². The second-order valence-corrected chi connectivity index (χ2v) is 6.10. The van der Waals surface area contributed by atoms with Crippen LogP contribution in [0.15, 0.2) is 16.6 Å². The summed E-state index contributed by atoms with van der Waals surface area (Å²) in [6.45, 7) is 0.364. The van der Waals surface area contributed by atoms with Gasteiger partial charge in [0.25, 0.3) is 0 Å². The Morgan fingerprint density at radius 2 is 1.90 bits per heavy atom. The molecule has 0 spiro atoms. The molecular weight excluding hydrogens is 346 g/mol. The molecule has 1 unspecified atom stereocenters. The minimum absolute atomic E-state index is 0.0604. The lowest BCUT2D eigenvalue weighted by molar-refractivity contribution is -0.144. The summed E-state index contributed by atoms with van der Waals surface area (Å²) in [6.07, 6.45) is 2.33. The first-order valence-electron chi connectivity index (χ1n) is 6.74. The summed E-state index contributed by atoms with van der Waals surface area (Å²) in [6, 6.07) is 1.39. The maximum Gasteiger partial charge on any atom is 0.250 e. The number of amides is 2. The van der Waals surface area contributed by atoms with Crippen LogP contribution in [0.3, 0.4) is 0 Å². The zero-order valence-corrected chi connectivity index (χ0v) is 12.7. The fourth-order valence-electron chi connectivity index (χ4n) is 2.89. The lowest BCUT2D eigenvalue weighted by Gasteiger charge is -2.42. The average molecular weight is 359 g/mol. The molecule has 2 aliphatic rings. The molecule has 1 aromatic rings. The van der Waals surface area contributed by atoms with Gasteiger partial charge in [0, 0.05) is 12.6 Å².